The van der Waals surface area contributed by atoms with Crippen LogP contribution in [-0.2, 0) is 9.84 Å². The molecule has 1 rings (SSSR count). The summed E-state index contributed by atoms with van der Waals surface area (Å²) in [4.78, 5) is 4.20. The average molecular weight is 316 g/mol. The van der Waals surface area contributed by atoms with Crippen LogP contribution in [-0.4, -0.2) is 53.3 Å². The molecule has 1 aromatic rings. The van der Waals surface area contributed by atoms with Gasteiger partial charge in [-0.25, -0.2) is 8.42 Å². The fourth-order valence-corrected chi connectivity index (χ4v) is 4.27. The summed E-state index contributed by atoms with van der Waals surface area (Å²) in [7, 11) is 2.25. The first-order chi connectivity index (χ1) is 9.24. The largest absolute Gasteiger partial charge is 0.396 e. The predicted octanol–water partition coefficient (Wildman–Crippen LogP) is 0.993. The van der Waals surface area contributed by atoms with Gasteiger partial charge in [-0.05, 0) is 14.1 Å². The van der Waals surface area contributed by atoms with Crippen LogP contribution < -0.4 is 10.6 Å². The molecule has 0 bridgehead atoms. The van der Waals surface area contributed by atoms with Gasteiger partial charge in [-0.15, -0.1) is 11.3 Å². The summed E-state index contributed by atoms with van der Waals surface area (Å²) >= 11 is 1.13. The van der Waals surface area contributed by atoms with Crippen molar-refractivity contribution in [2.24, 2.45) is 0 Å². The van der Waals surface area contributed by atoms with Crippen molar-refractivity contribution in [2.75, 3.05) is 50.6 Å². The van der Waals surface area contributed by atoms with Gasteiger partial charge in [0.25, 0.3) is 0 Å². The topological polar surface area (TPSA) is 90.4 Å². The maximum Gasteiger partial charge on any atom is 0.183 e. The Morgan fingerprint density at radius 3 is 2.35 bits per heavy atom. The summed E-state index contributed by atoms with van der Waals surface area (Å²) in [6.07, 6.45) is 0. The molecule has 1 aromatic heterocycles. The third kappa shape index (κ3) is 3.42. The van der Waals surface area contributed by atoms with E-state index in [1.807, 2.05) is 37.0 Å². The van der Waals surface area contributed by atoms with Crippen LogP contribution in [0.2, 0.25) is 0 Å². The first-order valence-corrected chi connectivity index (χ1v) is 8.62. The first kappa shape index (κ1) is 16.8. The number of anilines is 2. The van der Waals surface area contributed by atoms with Crippen LogP contribution in [0.25, 0.3) is 0 Å². The standard InChI is InChI=1S/C12H20N4O2S2/c1-5-20(17,18)11-10(14)9(8-13)19-12(11)16(4)7-6-15(2)3/h5-7,14H2,1-4H3. The van der Waals surface area contributed by atoms with Gasteiger partial charge in [0.2, 0.25) is 0 Å². The molecule has 2 N–H and O–H groups in total. The number of hydrogen-bond donors (Lipinski definition) is 1. The van der Waals surface area contributed by atoms with Gasteiger partial charge in [0.1, 0.15) is 20.8 Å². The van der Waals surface area contributed by atoms with Crippen molar-refractivity contribution in [2.45, 2.75) is 11.8 Å². The Balaban J connectivity index is 3.29. The number of nitrogens with zero attached hydrogens (tertiary/aromatic N) is 3. The van der Waals surface area contributed by atoms with Crippen LogP contribution in [0.5, 0.6) is 0 Å². The zero-order valence-corrected chi connectivity index (χ0v) is 13.8. The molecule has 0 radical (unpaired) electrons. The lowest BCUT2D eigenvalue weighted by molar-refractivity contribution is 0.416. The van der Waals surface area contributed by atoms with Crippen molar-refractivity contribution >= 4 is 31.9 Å². The van der Waals surface area contributed by atoms with E-state index in [0.717, 1.165) is 17.9 Å². The molecule has 0 aliphatic carbocycles. The number of likely N-dealkylation sites (N-methyl/N-ethyl adjacent to an activating group) is 2. The van der Waals surface area contributed by atoms with Crippen LogP contribution in [0, 0.1) is 11.3 Å². The Bertz CT molecular complexity index is 614. The molecule has 0 aliphatic rings. The minimum atomic E-state index is -3.45. The van der Waals surface area contributed by atoms with Crippen LogP contribution in [0.3, 0.4) is 0 Å². The fourth-order valence-electron chi connectivity index (χ4n) is 1.65. The Morgan fingerprint density at radius 2 is 1.90 bits per heavy atom. The molecule has 0 saturated heterocycles. The lowest BCUT2D eigenvalue weighted by Gasteiger charge is -2.21. The van der Waals surface area contributed by atoms with Crippen LogP contribution in [0.4, 0.5) is 10.7 Å². The number of sulfone groups is 1. The summed E-state index contributed by atoms with van der Waals surface area (Å²) < 4.78 is 24.4. The van der Waals surface area contributed by atoms with E-state index in [2.05, 4.69) is 0 Å². The monoisotopic (exact) mass is 316 g/mol. The van der Waals surface area contributed by atoms with E-state index in [0.29, 0.717) is 11.5 Å². The SMILES string of the molecule is CCS(=O)(=O)c1c(N(C)CCN(C)C)sc(C#N)c1N. The molecule has 1 heterocycles. The Labute approximate surface area is 124 Å². The maximum atomic E-state index is 12.2. The van der Waals surface area contributed by atoms with E-state index < -0.39 is 9.84 Å². The second-order valence-corrected chi connectivity index (χ2v) is 7.93. The van der Waals surface area contributed by atoms with E-state index in [1.54, 1.807) is 6.92 Å². The van der Waals surface area contributed by atoms with Crippen molar-refractivity contribution in [3.8, 4) is 6.07 Å². The smallest absolute Gasteiger partial charge is 0.183 e. The molecule has 0 aromatic carbocycles. The van der Waals surface area contributed by atoms with Gasteiger partial charge in [-0.1, -0.05) is 6.92 Å². The summed E-state index contributed by atoms with van der Waals surface area (Å²) in [6.45, 7) is 3.01. The number of hydrogen-bond acceptors (Lipinski definition) is 7. The van der Waals surface area contributed by atoms with E-state index in [-0.39, 0.29) is 21.2 Å². The minimum absolute atomic E-state index is 0.0344. The zero-order chi connectivity index (χ0) is 15.5. The molecule has 0 unspecified atom stereocenters. The molecule has 0 atom stereocenters. The van der Waals surface area contributed by atoms with Crippen LogP contribution >= 0.6 is 11.3 Å². The Kier molecular flexibility index (Phi) is 5.39. The van der Waals surface area contributed by atoms with Crippen molar-refractivity contribution in [3.05, 3.63) is 4.88 Å². The van der Waals surface area contributed by atoms with Crippen molar-refractivity contribution in [3.63, 3.8) is 0 Å². The molecule has 8 heteroatoms. The molecule has 0 amide bonds. The van der Waals surface area contributed by atoms with Crippen LogP contribution in [0.1, 0.15) is 11.8 Å². The minimum Gasteiger partial charge on any atom is -0.396 e. The third-order valence-electron chi connectivity index (χ3n) is 2.90. The van der Waals surface area contributed by atoms with E-state index in [4.69, 9.17) is 11.0 Å². The van der Waals surface area contributed by atoms with Crippen molar-refractivity contribution in [1.82, 2.24) is 4.90 Å². The summed E-state index contributed by atoms with van der Waals surface area (Å²) in [5.74, 6) is -0.0344. The molecule has 0 aliphatic heterocycles. The van der Waals surface area contributed by atoms with Crippen molar-refractivity contribution in [1.29, 1.82) is 5.26 Å². The molecule has 0 fully saturated rings. The highest BCUT2D eigenvalue weighted by molar-refractivity contribution is 7.91. The fraction of sp³-hybridized carbons (Fsp3) is 0.583. The van der Waals surface area contributed by atoms with E-state index in [9.17, 15) is 8.42 Å². The van der Waals surface area contributed by atoms with Crippen LogP contribution in [0.15, 0.2) is 4.90 Å². The van der Waals surface area contributed by atoms with Gasteiger partial charge in [0, 0.05) is 20.1 Å². The Hall–Kier alpha value is -1.30. The molecule has 6 nitrogen and oxygen atoms in total. The molecule has 0 saturated carbocycles. The number of nitriles is 1. The highest BCUT2D eigenvalue weighted by Gasteiger charge is 2.27. The number of nitrogen functional groups attached to an aromatic ring is 1. The number of thiophene rings is 1. The molecule has 20 heavy (non-hydrogen) atoms. The van der Waals surface area contributed by atoms with E-state index in [1.165, 1.54) is 0 Å². The summed E-state index contributed by atoms with van der Waals surface area (Å²) in [5, 5.41) is 9.60. The average Bonchev–Trinajstić information content (AvgIpc) is 2.73. The highest BCUT2D eigenvalue weighted by atomic mass is 32.2. The molecule has 112 valence electrons. The van der Waals surface area contributed by atoms with Gasteiger partial charge in [-0.2, -0.15) is 5.26 Å². The molecule has 0 spiro atoms. The number of nitrogens with two attached hydrogens (primary N) is 1. The van der Waals surface area contributed by atoms with Gasteiger partial charge in [0.15, 0.2) is 9.84 Å². The van der Waals surface area contributed by atoms with Crippen molar-refractivity contribution < 1.29 is 8.42 Å². The second kappa shape index (κ2) is 6.43. The maximum absolute atomic E-state index is 12.2. The summed E-state index contributed by atoms with van der Waals surface area (Å²) in [5.41, 5.74) is 5.92. The summed E-state index contributed by atoms with van der Waals surface area (Å²) in [6, 6.07) is 1.96. The lowest BCUT2D eigenvalue weighted by atomic mass is 10.4. The van der Waals surface area contributed by atoms with Gasteiger partial charge < -0.3 is 15.5 Å². The molecular weight excluding hydrogens is 296 g/mol. The highest BCUT2D eigenvalue weighted by Crippen LogP contribution is 2.41. The normalized spacial score (nSPS) is 11.6. The van der Waals surface area contributed by atoms with Gasteiger partial charge in [0.05, 0.1) is 11.4 Å². The Morgan fingerprint density at radius 1 is 1.30 bits per heavy atom. The molecular formula is C12H20N4O2S2. The van der Waals surface area contributed by atoms with E-state index >= 15 is 0 Å². The third-order valence-corrected chi connectivity index (χ3v) is 6.05. The zero-order valence-electron chi connectivity index (χ0n) is 12.2. The first-order valence-electron chi connectivity index (χ1n) is 6.15. The van der Waals surface area contributed by atoms with Gasteiger partial charge >= 0.3 is 0 Å². The quantitative estimate of drug-likeness (QED) is 0.842. The number of rotatable bonds is 6. The van der Waals surface area contributed by atoms with Gasteiger partial charge in [-0.3, -0.25) is 0 Å². The second-order valence-electron chi connectivity index (χ2n) is 4.72. The predicted molar refractivity (Wildman–Crippen MR) is 83.0 cm³/mol. The lowest BCUT2D eigenvalue weighted by Crippen LogP contribution is -2.28.